The molecule has 1 nitrogen and oxygen atoms in total. The third-order valence-electron chi connectivity index (χ3n) is 3.32. The molecule has 1 aliphatic rings. The third-order valence-corrected chi connectivity index (χ3v) is 4.01. The molecule has 3 rings (SSSR count). The van der Waals surface area contributed by atoms with E-state index in [1.807, 2.05) is 0 Å². The van der Waals surface area contributed by atoms with E-state index < -0.39 is 0 Å². The van der Waals surface area contributed by atoms with Crippen molar-refractivity contribution in [2.45, 2.75) is 31.8 Å². The Labute approximate surface area is 106 Å². The van der Waals surface area contributed by atoms with Crippen LogP contribution in [0.25, 0.3) is 11.1 Å². The second-order valence-electron chi connectivity index (χ2n) is 4.76. The van der Waals surface area contributed by atoms with Gasteiger partial charge in [-0.15, -0.1) is 0 Å². The summed E-state index contributed by atoms with van der Waals surface area (Å²) in [5.74, 6) is 0. The van der Waals surface area contributed by atoms with Gasteiger partial charge in [-0.05, 0) is 53.3 Å². The number of hydrogen-bond acceptors (Lipinski definition) is 2. The van der Waals surface area contributed by atoms with Crippen LogP contribution in [-0.2, 0) is 0 Å². The molecule has 2 aromatic rings. The molecule has 1 saturated carbocycles. The Kier molecular flexibility index (Phi) is 3.00. The van der Waals surface area contributed by atoms with Crippen molar-refractivity contribution in [2.75, 3.05) is 0 Å². The van der Waals surface area contributed by atoms with Crippen LogP contribution in [0.1, 0.15) is 31.4 Å². The Morgan fingerprint density at radius 3 is 2.76 bits per heavy atom. The van der Waals surface area contributed by atoms with Gasteiger partial charge in [0.2, 0.25) is 0 Å². The van der Waals surface area contributed by atoms with Gasteiger partial charge in [-0.2, -0.15) is 11.3 Å². The Morgan fingerprint density at radius 2 is 2.06 bits per heavy atom. The van der Waals surface area contributed by atoms with Gasteiger partial charge in [0, 0.05) is 12.1 Å². The average molecular weight is 243 g/mol. The van der Waals surface area contributed by atoms with Crippen LogP contribution in [0.5, 0.6) is 0 Å². The zero-order valence-corrected chi connectivity index (χ0v) is 10.8. The second-order valence-corrected chi connectivity index (χ2v) is 5.54. The van der Waals surface area contributed by atoms with Crippen LogP contribution in [-0.4, -0.2) is 6.04 Å². The van der Waals surface area contributed by atoms with Gasteiger partial charge < -0.3 is 5.32 Å². The normalized spacial score (nSPS) is 17.0. The zero-order valence-electron chi connectivity index (χ0n) is 10.0. The molecule has 0 spiro atoms. The average Bonchev–Trinajstić information content (AvgIpc) is 3.00. The molecule has 1 heterocycles. The van der Waals surface area contributed by atoms with E-state index >= 15 is 0 Å². The first-order valence-electron chi connectivity index (χ1n) is 6.22. The minimum atomic E-state index is 0.443. The van der Waals surface area contributed by atoms with E-state index in [-0.39, 0.29) is 0 Å². The molecule has 17 heavy (non-hydrogen) atoms. The van der Waals surface area contributed by atoms with E-state index in [9.17, 15) is 0 Å². The molecule has 1 aromatic heterocycles. The van der Waals surface area contributed by atoms with Crippen molar-refractivity contribution in [2.24, 2.45) is 0 Å². The minimum absolute atomic E-state index is 0.443. The van der Waals surface area contributed by atoms with Crippen LogP contribution >= 0.6 is 11.3 Å². The highest BCUT2D eigenvalue weighted by atomic mass is 32.1. The number of benzene rings is 1. The van der Waals surface area contributed by atoms with Crippen LogP contribution in [0.4, 0.5) is 0 Å². The van der Waals surface area contributed by atoms with Gasteiger partial charge in [0.15, 0.2) is 0 Å². The Balaban J connectivity index is 1.92. The van der Waals surface area contributed by atoms with Gasteiger partial charge in [0.25, 0.3) is 0 Å². The maximum Gasteiger partial charge on any atom is 0.0300 e. The maximum atomic E-state index is 3.68. The maximum absolute atomic E-state index is 3.68. The number of hydrogen-bond donors (Lipinski definition) is 1. The molecule has 0 bridgehead atoms. The predicted octanol–water partition coefficient (Wildman–Crippen LogP) is 4.23. The van der Waals surface area contributed by atoms with Crippen LogP contribution in [0.15, 0.2) is 41.1 Å². The molecule has 1 unspecified atom stereocenters. The largest absolute Gasteiger partial charge is 0.307 e. The van der Waals surface area contributed by atoms with E-state index in [0.29, 0.717) is 6.04 Å². The number of rotatable bonds is 4. The quantitative estimate of drug-likeness (QED) is 0.847. The first-order valence-corrected chi connectivity index (χ1v) is 7.16. The van der Waals surface area contributed by atoms with Crippen molar-refractivity contribution in [1.29, 1.82) is 0 Å². The van der Waals surface area contributed by atoms with Crippen LogP contribution in [0.2, 0.25) is 0 Å². The summed E-state index contributed by atoms with van der Waals surface area (Å²) in [6, 6.07) is 12.1. The van der Waals surface area contributed by atoms with Gasteiger partial charge in [0.05, 0.1) is 0 Å². The fourth-order valence-corrected chi connectivity index (χ4v) is 2.90. The molecule has 88 valence electrons. The summed E-state index contributed by atoms with van der Waals surface area (Å²) in [5, 5.41) is 8.04. The summed E-state index contributed by atoms with van der Waals surface area (Å²) in [6.45, 7) is 2.27. The number of nitrogens with one attached hydrogen (secondary N) is 1. The van der Waals surface area contributed by atoms with E-state index in [4.69, 9.17) is 0 Å². The zero-order chi connectivity index (χ0) is 11.7. The van der Waals surface area contributed by atoms with Gasteiger partial charge in [0.1, 0.15) is 0 Å². The van der Waals surface area contributed by atoms with Crippen molar-refractivity contribution < 1.29 is 0 Å². The summed E-state index contributed by atoms with van der Waals surface area (Å²) in [7, 11) is 0. The fourth-order valence-electron chi connectivity index (χ4n) is 2.25. The summed E-state index contributed by atoms with van der Waals surface area (Å²) in [4.78, 5) is 0. The van der Waals surface area contributed by atoms with Gasteiger partial charge in [-0.25, -0.2) is 0 Å². The highest BCUT2D eigenvalue weighted by molar-refractivity contribution is 7.08. The lowest BCUT2D eigenvalue weighted by Crippen LogP contribution is -2.21. The summed E-state index contributed by atoms with van der Waals surface area (Å²) in [6.07, 6.45) is 2.68. The Hall–Kier alpha value is -1.12. The fraction of sp³-hybridized carbons (Fsp3) is 0.333. The van der Waals surface area contributed by atoms with Crippen molar-refractivity contribution in [3.63, 3.8) is 0 Å². The van der Waals surface area contributed by atoms with Crippen LogP contribution < -0.4 is 5.32 Å². The molecular weight excluding hydrogens is 226 g/mol. The van der Waals surface area contributed by atoms with E-state index in [1.54, 1.807) is 11.3 Å². The molecule has 1 aromatic carbocycles. The lowest BCUT2D eigenvalue weighted by Gasteiger charge is -2.17. The monoisotopic (exact) mass is 243 g/mol. The summed E-state index contributed by atoms with van der Waals surface area (Å²) >= 11 is 1.76. The van der Waals surface area contributed by atoms with Crippen LogP contribution in [0.3, 0.4) is 0 Å². The lowest BCUT2D eigenvalue weighted by atomic mass is 9.97. The second kappa shape index (κ2) is 4.63. The molecule has 2 heteroatoms. The van der Waals surface area contributed by atoms with Crippen molar-refractivity contribution in [3.05, 3.63) is 46.7 Å². The van der Waals surface area contributed by atoms with Crippen molar-refractivity contribution >= 4 is 11.3 Å². The molecule has 1 N–H and O–H groups in total. The first-order chi connectivity index (χ1) is 8.34. The molecule has 1 aliphatic carbocycles. The molecule has 0 aliphatic heterocycles. The Morgan fingerprint density at radius 1 is 1.24 bits per heavy atom. The molecule has 1 atom stereocenters. The smallest absolute Gasteiger partial charge is 0.0300 e. The lowest BCUT2D eigenvalue weighted by molar-refractivity contribution is 0.572. The first kappa shape index (κ1) is 11.0. The van der Waals surface area contributed by atoms with Crippen molar-refractivity contribution in [1.82, 2.24) is 5.32 Å². The SMILES string of the molecule is CC(NC1CC1)c1ccccc1-c1ccsc1. The topological polar surface area (TPSA) is 12.0 Å². The van der Waals surface area contributed by atoms with E-state index in [2.05, 4.69) is 53.3 Å². The van der Waals surface area contributed by atoms with E-state index in [1.165, 1.54) is 29.5 Å². The minimum Gasteiger partial charge on any atom is -0.307 e. The molecule has 0 saturated heterocycles. The van der Waals surface area contributed by atoms with Crippen LogP contribution in [0, 0.1) is 0 Å². The summed E-state index contributed by atoms with van der Waals surface area (Å²) < 4.78 is 0. The highest BCUT2D eigenvalue weighted by Crippen LogP contribution is 2.31. The van der Waals surface area contributed by atoms with Gasteiger partial charge >= 0.3 is 0 Å². The van der Waals surface area contributed by atoms with Gasteiger partial charge in [-0.3, -0.25) is 0 Å². The standard InChI is InChI=1S/C15H17NS/c1-11(16-13-6-7-13)14-4-2-3-5-15(14)12-8-9-17-10-12/h2-5,8-11,13,16H,6-7H2,1H3. The highest BCUT2D eigenvalue weighted by Gasteiger charge is 2.24. The predicted molar refractivity (Wildman–Crippen MR) is 74.3 cm³/mol. The third kappa shape index (κ3) is 2.43. The number of thiophene rings is 1. The molecule has 0 radical (unpaired) electrons. The van der Waals surface area contributed by atoms with E-state index in [0.717, 1.165) is 6.04 Å². The van der Waals surface area contributed by atoms with Gasteiger partial charge in [-0.1, -0.05) is 24.3 Å². The summed E-state index contributed by atoms with van der Waals surface area (Å²) in [5.41, 5.74) is 4.13. The Bertz CT molecular complexity index is 485. The molecule has 1 fully saturated rings. The molecule has 0 amide bonds. The van der Waals surface area contributed by atoms with Crippen molar-refractivity contribution in [3.8, 4) is 11.1 Å². The molecular formula is C15H17NS.